The maximum Gasteiger partial charge on any atom is 0.298 e. The van der Waals surface area contributed by atoms with Gasteiger partial charge < -0.3 is 14.6 Å². The summed E-state index contributed by atoms with van der Waals surface area (Å²) in [7, 11) is 0. The zero-order chi connectivity index (χ0) is 17.6. The fraction of sp³-hybridized carbons (Fsp3) is 0.294. The van der Waals surface area contributed by atoms with Gasteiger partial charge in [-0.15, -0.1) is 0 Å². The van der Waals surface area contributed by atoms with Gasteiger partial charge in [-0.2, -0.15) is 4.98 Å². The van der Waals surface area contributed by atoms with E-state index in [0.717, 1.165) is 13.1 Å². The van der Waals surface area contributed by atoms with E-state index in [2.05, 4.69) is 15.3 Å². The molecule has 1 N–H and O–H groups in total. The van der Waals surface area contributed by atoms with Gasteiger partial charge in [0.25, 0.3) is 6.01 Å². The molecule has 0 bridgehead atoms. The number of halogens is 3. The van der Waals surface area contributed by atoms with Crippen molar-refractivity contribution in [1.29, 1.82) is 0 Å². The fourth-order valence-electron chi connectivity index (χ4n) is 3.02. The summed E-state index contributed by atoms with van der Waals surface area (Å²) in [5.74, 6) is -1.83. The predicted molar refractivity (Wildman–Crippen MR) is 91.8 cm³/mol. The van der Waals surface area contributed by atoms with E-state index in [1.807, 2.05) is 11.8 Å². The quantitative estimate of drug-likeness (QED) is 0.704. The largest absolute Gasteiger partial charge is 0.422 e. The third-order valence-corrected chi connectivity index (χ3v) is 4.66. The molecular formula is C17H15ClF2N4O. The summed E-state index contributed by atoms with van der Waals surface area (Å²) in [6, 6.07) is 5.39. The van der Waals surface area contributed by atoms with Crippen LogP contribution in [0.25, 0.3) is 22.4 Å². The molecule has 3 heterocycles. The highest BCUT2D eigenvalue weighted by Crippen LogP contribution is 2.39. The Kier molecular flexibility index (Phi) is 4.05. The molecule has 1 aliphatic heterocycles. The highest BCUT2D eigenvalue weighted by Gasteiger charge is 2.29. The molecule has 0 aliphatic carbocycles. The molecule has 2 aromatic heterocycles. The summed E-state index contributed by atoms with van der Waals surface area (Å²) in [4.78, 5) is 10.3. The van der Waals surface area contributed by atoms with Crippen molar-refractivity contribution in [3.05, 3.63) is 41.1 Å². The van der Waals surface area contributed by atoms with E-state index in [-0.39, 0.29) is 28.7 Å². The number of oxazole rings is 1. The third kappa shape index (κ3) is 2.63. The van der Waals surface area contributed by atoms with E-state index in [1.165, 1.54) is 6.20 Å². The van der Waals surface area contributed by atoms with Gasteiger partial charge in [-0.05, 0) is 19.1 Å². The van der Waals surface area contributed by atoms with Crippen molar-refractivity contribution < 1.29 is 13.2 Å². The Balaban J connectivity index is 1.96. The number of nitrogens with zero attached hydrogens (tertiary/aromatic N) is 3. The molecule has 1 aromatic carbocycles. The van der Waals surface area contributed by atoms with Crippen molar-refractivity contribution in [2.75, 3.05) is 24.5 Å². The van der Waals surface area contributed by atoms with Crippen LogP contribution in [0, 0.1) is 11.6 Å². The minimum atomic E-state index is -0.924. The summed E-state index contributed by atoms with van der Waals surface area (Å²) >= 11 is 5.85. The van der Waals surface area contributed by atoms with Crippen molar-refractivity contribution in [2.45, 2.75) is 13.0 Å². The number of fused-ring (bicyclic) bond motifs is 1. The van der Waals surface area contributed by atoms with Crippen LogP contribution in [-0.2, 0) is 0 Å². The number of nitrogens with one attached hydrogen (secondary N) is 1. The number of hydrogen-bond donors (Lipinski definition) is 1. The van der Waals surface area contributed by atoms with E-state index in [1.54, 1.807) is 18.2 Å². The molecule has 5 nitrogen and oxygen atoms in total. The predicted octanol–water partition coefficient (Wildman–Crippen LogP) is 3.62. The number of piperazine rings is 1. The first-order valence-corrected chi connectivity index (χ1v) is 8.31. The normalized spacial score (nSPS) is 18.1. The first kappa shape index (κ1) is 16.2. The van der Waals surface area contributed by atoms with E-state index in [9.17, 15) is 8.78 Å². The summed E-state index contributed by atoms with van der Waals surface area (Å²) in [6.45, 7) is 4.17. The molecule has 130 valence electrons. The van der Waals surface area contributed by atoms with Crippen LogP contribution >= 0.6 is 11.6 Å². The summed E-state index contributed by atoms with van der Waals surface area (Å²) in [6.07, 6.45) is 1.52. The van der Waals surface area contributed by atoms with Crippen molar-refractivity contribution in [3.8, 4) is 11.3 Å². The lowest BCUT2D eigenvalue weighted by Gasteiger charge is -2.32. The van der Waals surface area contributed by atoms with Crippen LogP contribution in [0.1, 0.15) is 6.92 Å². The lowest BCUT2D eigenvalue weighted by atomic mass is 10.1. The number of rotatable bonds is 2. The first-order chi connectivity index (χ1) is 12.1. The molecule has 1 aliphatic rings. The second-order valence-corrected chi connectivity index (χ2v) is 6.33. The Morgan fingerprint density at radius 1 is 1.32 bits per heavy atom. The van der Waals surface area contributed by atoms with Crippen LogP contribution in [0.15, 0.2) is 28.8 Å². The van der Waals surface area contributed by atoms with E-state index in [0.29, 0.717) is 12.2 Å². The van der Waals surface area contributed by atoms with Crippen molar-refractivity contribution in [2.24, 2.45) is 0 Å². The molecule has 1 fully saturated rings. The van der Waals surface area contributed by atoms with E-state index >= 15 is 0 Å². The Morgan fingerprint density at radius 3 is 2.88 bits per heavy atom. The van der Waals surface area contributed by atoms with Crippen molar-refractivity contribution in [3.63, 3.8) is 0 Å². The second kappa shape index (κ2) is 6.24. The van der Waals surface area contributed by atoms with Gasteiger partial charge in [-0.1, -0.05) is 17.7 Å². The highest BCUT2D eigenvalue weighted by molar-refractivity contribution is 6.32. The monoisotopic (exact) mass is 364 g/mol. The van der Waals surface area contributed by atoms with Crippen LogP contribution in [0.2, 0.25) is 5.02 Å². The molecule has 1 atom stereocenters. The molecule has 25 heavy (non-hydrogen) atoms. The molecule has 1 saturated heterocycles. The van der Waals surface area contributed by atoms with Gasteiger partial charge in [0.2, 0.25) is 0 Å². The molecule has 0 saturated carbocycles. The SMILES string of the molecule is C[C@H]1CNCCN1c1nc2c(F)c(Cl)c(F)c(-c3ccccn3)c2o1. The Morgan fingerprint density at radius 2 is 2.16 bits per heavy atom. The number of benzene rings is 1. The van der Waals surface area contributed by atoms with Gasteiger partial charge in [0.1, 0.15) is 10.5 Å². The minimum absolute atomic E-state index is 0.0128. The van der Waals surface area contributed by atoms with Gasteiger partial charge >= 0.3 is 0 Å². The second-order valence-electron chi connectivity index (χ2n) is 5.95. The summed E-state index contributed by atoms with van der Waals surface area (Å²) < 4.78 is 35.0. The molecule has 0 spiro atoms. The van der Waals surface area contributed by atoms with Gasteiger partial charge in [-0.25, -0.2) is 8.78 Å². The Bertz CT molecular complexity index is 932. The maximum absolute atomic E-state index is 14.7. The van der Waals surface area contributed by atoms with Crippen LogP contribution < -0.4 is 10.2 Å². The van der Waals surface area contributed by atoms with Crippen LogP contribution in [0.5, 0.6) is 0 Å². The zero-order valence-corrected chi connectivity index (χ0v) is 14.1. The standard InChI is InChI=1S/C17H15ClF2N4O/c1-9-8-21-6-7-24(9)17-23-15-14(20)12(18)13(19)11(16(15)25-17)10-4-2-3-5-22-10/h2-5,9,21H,6-8H2,1H3/t9-/m0/s1. The van der Waals surface area contributed by atoms with Crippen LogP contribution in [0.3, 0.4) is 0 Å². The Labute approximate surface area is 147 Å². The smallest absolute Gasteiger partial charge is 0.298 e. The van der Waals surface area contributed by atoms with Gasteiger partial charge in [0, 0.05) is 31.9 Å². The van der Waals surface area contributed by atoms with Gasteiger partial charge in [0.15, 0.2) is 17.2 Å². The summed E-state index contributed by atoms with van der Waals surface area (Å²) in [5.41, 5.74) is 0.248. The topological polar surface area (TPSA) is 54.2 Å². The lowest BCUT2D eigenvalue weighted by molar-refractivity contribution is 0.456. The van der Waals surface area contributed by atoms with Crippen molar-refractivity contribution >= 4 is 28.7 Å². The number of pyridine rings is 1. The fourth-order valence-corrected chi connectivity index (χ4v) is 3.21. The average Bonchev–Trinajstić information content (AvgIpc) is 3.06. The molecular weight excluding hydrogens is 350 g/mol. The first-order valence-electron chi connectivity index (χ1n) is 7.93. The molecule has 0 radical (unpaired) electrons. The summed E-state index contributed by atoms with van der Waals surface area (Å²) in [5, 5.41) is 2.65. The van der Waals surface area contributed by atoms with Gasteiger partial charge in [0.05, 0.1) is 11.3 Å². The number of aromatic nitrogens is 2. The molecule has 4 rings (SSSR count). The molecule has 0 amide bonds. The lowest BCUT2D eigenvalue weighted by Crippen LogP contribution is -2.50. The van der Waals surface area contributed by atoms with Crippen LogP contribution in [0.4, 0.5) is 14.8 Å². The van der Waals surface area contributed by atoms with E-state index < -0.39 is 16.7 Å². The van der Waals surface area contributed by atoms with Crippen molar-refractivity contribution in [1.82, 2.24) is 15.3 Å². The minimum Gasteiger partial charge on any atom is -0.422 e. The number of hydrogen-bond acceptors (Lipinski definition) is 5. The molecule has 0 unspecified atom stereocenters. The van der Waals surface area contributed by atoms with Crippen LogP contribution in [-0.4, -0.2) is 35.6 Å². The maximum atomic E-state index is 14.7. The third-order valence-electron chi connectivity index (χ3n) is 4.32. The zero-order valence-electron chi connectivity index (χ0n) is 13.4. The number of anilines is 1. The Hall–Kier alpha value is -2.25. The molecule has 8 heteroatoms. The highest BCUT2D eigenvalue weighted by atomic mass is 35.5. The van der Waals surface area contributed by atoms with Gasteiger partial charge in [-0.3, -0.25) is 4.98 Å². The van der Waals surface area contributed by atoms with E-state index in [4.69, 9.17) is 16.0 Å². The molecule has 3 aromatic rings. The average molecular weight is 365 g/mol.